The molecule has 0 bridgehead atoms. The van der Waals surface area contributed by atoms with Crippen LogP contribution in [0.4, 0.5) is 0 Å². The third-order valence-electron chi connectivity index (χ3n) is 6.74. The number of aryl methyl sites for hydroxylation is 1. The smallest absolute Gasteiger partial charge is 0.0575 e. The number of aromatic nitrogens is 1. The predicted octanol–water partition coefficient (Wildman–Crippen LogP) is 7.94. The van der Waals surface area contributed by atoms with Gasteiger partial charge in [0.15, 0.2) is 0 Å². The Morgan fingerprint density at radius 3 is 1.67 bits per heavy atom. The highest BCUT2D eigenvalue weighted by molar-refractivity contribution is 6.39. The molecule has 0 fully saturated rings. The monoisotopic (exact) mass is 381 g/mol. The molecule has 0 atom stereocenters. The minimum absolute atomic E-state index is 1.28. The fourth-order valence-electron chi connectivity index (χ4n) is 5.47. The summed E-state index contributed by atoms with van der Waals surface area (Å²) < 4.78 is 2.37. The highest BCUT2D eigenvalue weighted by Gasteiger charge is 2.18. The molecule has 0 spiro atoms. The Morgan fingerprint density at radius 1 is 0.433 bits per heavy atom. The van der Waals surface area contributed by atoms with Gasteiger partial charge in [0.25, 0.3) is 0 Å². The minimum Gasteiger partial charge on any atom is -0.343 e. The number of fused-ring (bicyclic) bond motifs is 12. The molecule has 0 unspecified atom stereocenters. The van der Waals surface area contributed by atoms with Crippen molar-refractivity contribution in [2.45, 2.75) is 0 Å². The molecule has 140 valence electrons. The molecule has 0 saturated carbocycles. The van der Waals surface area contributed by atoms with E-state index in [1.54, 1.807) is 0 Å². The molecule has 0 N–H and O–H groups in total. The molecule has 0 amide bonds. The first kappa shape index (κ1) is 16.0. The summed E-state index contributed by atoms with van der Waals surface area (Å²) in [5.74, 6) is 0. The fraction of sp³-hybridized carbons (Fsp3) is 0.0345. The van der Waals surface area contributed by atoms with E-state index >= 15 is 0 Å². The van der Waals surface area contributed by atoms with E-state index in [0.29, 0.717) is 0 Å². The van der Waals surface area contributed by atoms with E-state index in [9.17, 15) is 0 Å². The fourth-order valence-corrected chi connectivity index (χ4v) is 5.47. The van der Waals surface area contributed by atoms with E-state index in [4.69, 9.17) is 0 Å². The molecule has 30 heavy (non-hydrogen) atoms. The Kier molecular flexibility index (Phi) is 2.99. The van der Waals surface area contributed by atoms with Gasteiger partial charge in [-0.1, -0.05) is 91.0 Å². The highest BCUT2D eigenvalue weighted by atomic mass is 14.9. The second kappa shape index (κ2) is 5.61. The first-order valence-corrected chi connectivity index (χ1v) is 10.4. The Morgan fingerprint density at radius 2 is 0.967 bits per heavy atom. The molecular formula is C29H19N. The van der Waals surface area contributed by atoms with Gasteiger partial charge in [0.05, 0.1) is 5.52 Å². The lowest BCUT2D eigenvalue weighted by atomic mass is 9.90. The maximum Gasteiger partial charge on any atom is 0.0575 e. The topological polar surface area (TPSA) is 4.93 Å². The maximum absolute atomic E-state index is 2.37. The molecule has 1 heteroatoms. The quantitative estimate of drug-likeness (QED) is 0.235. The van der Waals surface area contributed by atoms with Crippen LogP contribution in [0.15, 0.2) is 97.1 Å². The summed E-state index contributed by atoms with van der Waals surface area (Å²) in [6.07, 6.45) is 0. The van der Waals surface area contributed by atoms with E-state index in [2.05, 4.69) is 109 Å². The first-order valence-electron chi connectivity index (χ1n) is 10.4. The molecule has 6 aromatic carbocycles. The highest BCUT2D eigenvalue weighted by Crippen LogP contribution is 2.44. The zero-order valence-corrected chi connectivity index (χ0v) is 16.7. The number of benzene rings is 6. The molecule has 1 aromatic heterocycles. The van der Waals surface area contributed by atoms with Crippen molar-refractivity contribution < 1.29 is 0 Å². The van der Waals surface area contributed by atoms with Gasteiger partial charge in [-0.25, -0.2) is 0 Å². The van der Waals surface area contributed by atoms with E-state index < -0.39 is 0 Å². The molecular weight excluding hydrogens is 362 g/mol. The zero-order valence-electron chi connectivity index (χ0n) is 16.7. The first-order chi connectivity index (χ1) is 14.8. The number of para-hydroxylation sites is 1. The standard InChI is InChI=1S/C29H19N/c1-30-25-13-7-6-12-22(25)28-23-16-14-18-8-2-4-10-20(18)26(23)27-21-11-5-3-9-19(21)15-17-24(27)29(28)30/h2-17H,1H3. The molecule has 7 aromatic rings. The predicted molar refractivity (Wildman–Crippen MR) is 130 cm³/mol. The number of nitrogens with zero attached hydrogens (tertiary/aromatic N) is 1. The van der Waals surface area contributed by atoms with E-state index in [0.717, 1.165) is 0 Å². The summed E-state index contributed by atoms with van der Waals surface area (Å²) in [6.45, 7) is 0. The average Bonchev–Trinajstić information content (AvgIpc) is 3.11. The van der Waals surface area contributed by atoms with Gasteiger partial charge >= 0.3 is 0 Å². The largest absolute Gasteiger partial charge is 0.343 e. The maximum atomic E-state index is 2.37. The molecule has 1 nitrogen and oxygen atoms in total. The van der Waals surface area contributed by atoms with Crippen LogP contribution in [0.2, 0.25) is 0 Å². The average molecular weight is 381 g/mol. The summed E-state index contributed by atoms with van der Waals surface area (Å²) in [4.78, 5) is 0. The van der Waals surface area contributed by atoms with Gasteiger partial charge in [-0.15, -0.1) is 0 Å². The lowest BCUT2D eigenvalue weighted by Crippen LogP contribution is -1.90. The van der Waals surface area contributed by atoms with Crippen LogP contribution in [0, 0.1) is 0 Å². The van der Waals surface area contributed by atoms with Crippen LogP contribution in [-0.4, -0.2) is 4.57 Å². The Balaban J connectivity index is 1.96. The SMILES string of the molecule is Cn1c2ccccc2c2c3ccc4ccccc4c3c3c4ccccc4ccc3c21. The summed E-state index contributed by atoms with van der Waals surface area (Å²) in [7, 11) is 2.20. The van der Waals surface area contributed by atoms with Crippen LogP contribution in [-0.2, 0) is 7.05 Å². The van der Waals surface area contributed by atoms with Gasteiger partial charge in [0, 0.05) is 34.1 Å². The van der Waals surface area contributed by atoms with Crippen LogP contribution in [0.25, 0.3) is 64.9 Å². The number of rotatable bonds is 0. The zero-order chi connectivity index (χ0) is 19.8. The Labute approximate surface area is 173 Å². The van der Waals surface area contributed by atoms with Crippen LogP contribution >= 0.6 is 0 Å². The molecule has 7 rings (SSSR count). The van der Waals surface area contributed by atoms with Crippen molar-refractivity contribution in [3.63, 3.8) is 0 Å². The van der Waals surface area contributed by atoms with Gasteiger partial charge in [-0.3, -0.25) is 0 Å². The van der Waals surface area contributed by atoms with E-state index in [1.165, 1.54) is 64.9 Å². The van der Waals surface area contributed by atoms with Crippen molar-refractivity contribution in [2.24, 2.45) is 7.05 Å². The summed E-state index contributed by atoms with van der Waals surface area (Å²) in [5.41, 5.74) is 2.60. The molecule has 0 aliphatic rings. The van der Waals surface area contributed by atoms with Crippen molar-refractivity contribution >= 4 is 64.9 Å². The van der Waals surface area contributed by atoms with Crippen LogP contribution in [0.3, 0.4) is 0 Å². The summed E-state index contributed by atoms with van der Waals surface area (Å²) in [6, 6.07) is 35.5. The Hall–Kier alpha value is -3.84. The second-order valence-electron chi connectivity index (χ2n) is 8.22. The molecule has 0 aliphatic carbocycles. The van der Waals surface area contributed by atoms with E-state index in [1.807, 2.05) is 0 Å². The van der Waals surface area contributed by atoms with E-state index in [-0.39, 0.29) is 0 Å². The Bertz CT molecular complexity index is 1800. The van der Waals surface area contributed by atoms with Crippen molar-refractivity contribution in [2.75, 3.05) is 0 Å². The molecule has 0 aliphatic heterocycles. The van der Waals surface area contributed by atoms with Crippen LogP contribution < -0.4 is 0 Å². The molecule has 0 radical (unpaired) electrons. The van der Waals surface area contributed by atoms with Crippen molar-refractivity contribution in [3.8, 4) is 0 Å². The van der Waals surface area contributed by atoms with Crippen molar-refractivity contribution in [1.29, 1.82) is 0 Å². The van der Waals surface area contributed by atoms with Crippen LogP contribution in [0.1, 0.15) is 0 Å². The third kappa shape index (κ3) is 1.87. The lowest BCUT2D eigenvalue weighted by molar-refractivity contribution is 1.02. The van der Waals surface area contributed by atoms with Gasteiger partial charge in [0.2, 0.25) is 0 Å². The summed E-state index contributed by atoms with van der Waals surface area (Å²) in [5, 5.41) is 13.3. The van der Waals surface area contributed by atoms with Gasteiger partial charge in [-0.05, 0) is 38.4 Å². The van der Waals surface area contributed by atoms with Gasteiger partial charge in [-0.2, -0.15) is 0 Å². The molecule has 1 heterocycles. The normalized spacial score (nSPS) is 12.2. The third-order valence-corrected chi connectivity index (χ3v) is 6.74. The number of hydrogen-bond donors (Lipinski definition) is 0. The van der Waals surface area contributed by atoms with Gasteiger partial charge < -0.3 is 4.57 Å². The van der Waals surface area contributed by atoms with Crippen molar-refractivity contribution in [1.82, 2.24) is 4.57 Å². The minimum atomic E-state index is 1.28. The lowest BCUT2D eigenvalue weighted by Gasteiger charge is -2.14. The van der Waals surface area contributed by atoms with Crippen LogP contribution in [0.5, 0.6) is 0 Å². The molecule has 0 saturated heterocycles. The van der Waals surface area contributed by atoms with Gasteiger partial charge in [0.1, 0.15) is 0 Å². The number of hydrogen-bond acceptors (Lipinski definition) is 0. The summed E-state index contributed by atoms with van der Waals surface area (Å²) >= 11 is 0. The second-order valence-corrected chi connectivity index (χ2v) is 8.22. The van der Waals surface area contributed by atoms with Crippen molar-refractivity contribution in [3.05, 3.63) is 97.1 Å².